The second-order valence-corrected chi connectivity index (χ2v) is 5.61. The number of hydrogen-bond donors (Lipinski definition) is 0. The van der Waals surface area contributed by atoms with Gasteiger partial charge in [-0.3, -0.25) is 4.79 Å². The molecule has 0 unspecified atom stereocenters. The van der Waals surface area contributed by atoms with Gasteiger partial charge in [-0.2, -0.15) is 0 Å². The summed E-state index contributed by atoms with van der Waals surface area (Å²) in [5.74, 6) is -0.166. The largest absolute Gasteiger partial charge is 0.332 e. The summed E-state index contributed by atoms with van der Waals surface area (Å²) in [6.45, 7) is 7.88. The molecule has 1 aliphatic rings. The van der Waals surface area contributed by atoms with Gasteiger partial charge in [0, 0.05) is 5.54 Å². The Morgan fingerprint density at radius 1 is 1.17 bits per heavy atom. The van der Waals surface area contributed by atoms with Crippen LogP contribution >= 0.6 is 0 Å². The van der Waals surface area contributed by atoms with Crippen LogP contribution in [0.1, 0.15) is 26.3 Å². The first-order chi connectivity index (χ1) is 8.30. The Balaban J connectivity index is 2.36. The maximum absolute atomic E-state index is 12.3. The minimum absolute atomic E-state index is 0.149. The van der Waals surface area contributed by atoms with Crippen LogP contribution in [0.3, 0.4) is 0 Å². The molecule has 0 aromatic heterocycles. The van der Waals surface area contributed by atoms with E-state index >= 15 is 0 Å². The summed E-state index contributed by atoms with van der Waals surface area (Å²) in [7, 11) is 0. The first kappa shape index (κ1) is 12.6. The van der Waals surface area contributed by atoms with Gasteiger partial charge in [-0.1, -0.05) is 12.1 Å². The lowest BCUT2D eigenvalue weighted by molar-refractivity contribution is -0.117. The predicted octanol–water partition coefficient (Wildman–Crippen LogP) is 2.56. The number of amides is 3. The van der Waals surface area contributed by atoms with E-state index in [1.165, 1.54) is 4.90 Å². The lowest BCUT2D eigenvalue weighted by Gasteiger charge is -2.30. The van der Waals surface area contributed by atoms with Crippen molar-refractivity contribution in [3.8, 4) is 0 Å². The molecular weight excluding hydrogens is 228 g/mol. The van der Waals surface area contributed by atoms with Gasteiger partial charge in [-0.15, -0.1) is 0 Å². The van der Waals surface area contributed by atoms with Crippen LogP contribution in [0.15, 0.2) is 24.3 Å². The first-order valence-corrected chi connectivity index (χ1v) is 6.02. The average Bonchev–Trinajstić information content (AvgIpc) is 2.54. The van der Waals surface area contributed by atoms with Gasteiger partial charge in [0.05, 0.1) is 5.69 Å². The van der Waals surface area contributed by atoms with E-state index in [1.807, 2.05) is 45.9 Å². The van der Waals surface area contributed by atoms with E-state index in [-0.39, 0.29) is 24.0 Å². The number of carbonyl (C=O) groups is 2. The summed E-state index contributed by atoms with van der Waals surface area (Å²) in [6, 6.07) is 7.19. The zero-order valence-corrected chi connectivity index (χ0v) is 11.2. The van der Waals surface area contributed by atoms with Crippen molar-refractivity contribution in [2.24, 2.45) is 0 Å². The van der Waals surface area contributed by atoms with E-state index in [0.717, 1.165) is 5.56 Å². The van der Waals surface area contributed by atoms with Crippen LogP contribution in [0.2, 0.25) is 0 Å². The predicted molar refractivity (Wildman–Crippen MR) is 70.5 cm³/mol. The lowest BCUT2D eigenvalue weighted by Crippen LogP contribution is -2.44. The Morgan fingerprint density at radius 3 is 2.33 bits per heavy atom. The van der Waals surface area contributed by atoms with Crippen molar-refractivity contribution in [2.45, 2.75) is 33.2 Å². The molecule has 4 nitrogen and oxygen atoms in total. The van der Waals surface area contributed by atoms with Gasteiger partial charge < -0.3 is 4.90 Å². The van der Waals surface area contributed by atoms with Crippen molar-refractivity contribution in [2.75, 3.05) is 11.4 Å². The number of aryl methyl sites for hydroxylation is 1. The Bertz CT molecular complexity index is 503. The maximum atomic E-state index is 12.3. The molecule has 4 heteroatoms. The van der Waals surface area contributed by atoms with E-state index in [1.54, 1.807) is 11.0 Å². The minimum Gasteiger partial charge on any atom is -0.310 e. The lowest BCUT2D eigenvalue weighted by atomic mass is 10.1. The summed E-state index contributed by atoms with van der Waals surface area (Å²) in [5, 5.41) is 0. The fourth-order valence-corrected chi connectivity index (χ4v) is 2.05. The van der Waals surface area contributed by atoms with Gasteiger partial charge in [-0.25, -0.2) is 9.69 Å². The molecule has 3 amide bonds. The van der Waals surface area contributed by atoms with Gasteiger partial charge in [0.15, 0.2) is 0 Å². The zero-order valence-electron chi connectivity index (χ0n) is 11.2. The number of nitrogens with zero attached hydrogens (tertiary/aromatic N) is 2. The Labute approximate surface area is 107 Å². The quantitative estimate of drug-likeness (QED) is 0.714. The van der Waals surface area contributed by atoms with E-state index in [2.05, 4.69) is 0 Å². The standard InChI is InChI=1S/C14H18N2O2/c1-10-6-5-7-11(8-10)16-12(17)9-15(13(16)18)14(2,3)4/h5-8H,9H2,1-4H3. The third-order valence-electron chi connectivity index (χ3n) is 3.03. The highest BCUT2D eigenvalue weighted by Crippen LogP contribution is 2.26. The number of urea groups is 1. The fourth-order valence-electron chi connectivity index (χ4n) is 2.05. The molecule has 18 heavy (non-hydrogen) atoms. The highest BCUT2D eigenvalue weighted by Gasteiger charge is 2.42. The first-order valence-electron chi connectivity index (χ1n) is 6.02. The van der Waals surface area contributed by atoms with E-state index in [9.17, 15) is 9.59 Å². The molecule has 0 N–H and O–H groups in total. The number of hydrogen-bond acceptors (Lipinski definition) is 2. The third kappa shape index (κ3) is 2.10. The SMILES string of the molecule is Cc1cccc(N2C(=O)CN(C(C)(C)C)C2=O)c1. The molecule has 1 saturated heterocycles. The van der Waals surface area contributed by atoms with Gasteiger partial charge in [0.2, 0.25) is 0 Å². The fraction of sp³-hybridized carbons (Fsp3) is 0.429. The van der Waals surface area contributed by atoms with Crippen LogP contribution in [0, 0.1) is 6.92 Å². The molecule has 0 aliphatic carbocycles. The number of imide groups is 1. The van der Waals surface area contributed by atoms with Crippen LogP contribution in [0.5, 0.6) is 0 Å². The van der Waals surface area contributed by atoms with Crippen molar-refractivity contribution in [3.63, 3.8) is 0 Å². The second kappa shape index (κ2) is 4.12. The number of rotatable bonds is 1. The molecule has 1 aromatic carbocycles. The van der Waals surface area contributed by atoms with Crippen molar-refractivity contribution in [3.05, 3.63) is 29.8 Å². The molecule has 0 spiro atoms. The number of carbonyl (C=O) groups excluding carboxylic acids is 2. The summed E-state index contributed by atoms with van der Waals surface area (Å²) in [5.41, 5.74) is 1.34. The third-order valence-corrected chi connectivity index (χ3v) is 3.03. The second-order valence-electron chi connectivity index (χ2n) is 5.61. The molecule has 2 rings (SSSR count). The highest BCUT2D eigenvalue weighted by molar-refractivity contribution is 6.20. The molecule has 96 valence electrons. The van der Waals surface area contributed by atoms with Gasteiger partial charge in [-0.05, 0) is 45.4 Å². The van der Waals surface area contributed by atoms with Gasteiger partial charge in [0.1, 0.15) is 6.54 Å². The smallest absolute Gasteiger partial charge is 0.310 e. The average molecular weight is 246 g/mol. The Kier molecular flexibility index (Phi) is 2.89. The van der Waals surface area contributed by atoms with Crippen LogP contribution in [-0.4, -0.2) is 28.9 Å². The van der Waals surface area contributed by atoms with Crippen molar-refractivity contribution >= 4 is 17.6 Å². The van der Waals surface area contributed by atoms with Crippen LogP contribution in [0.25, 0.3) is 0 Å². The van der Waals surface area contributed by atoms with Crippen LogP contribution in [-0.2, 0) is 4.79 Å². The molecule has 1 aliphatic heterocycles. The summed E-state index contributed by atoms with van der Waals surface area (Å²) >= 11 is 0. The molecule has 0 bridgehead atoms. The minimum atomic E-state index is -0.342. The topological polar surface area (TPSA) is 40.6 Å². The summed E-state index contributed by atoms with van der Waals surface area (Å²) in [4.78, 5) is 27.2. The van der Waals surface area contributed by atoms with Crippen LogP contribution in [0.4, 0.5) is 10.5 Å². The molecule has 0 radical (unpaired) electrons. The highest BCUT2D eigenvalue weighted by atomic mass is 16.2. The van der Waals surface area contributed by atoms with E-state index < -0.39 is 0 Å². The van der Waals surface area contributed by atoms with Crippen molar-refractivity contribution in [1.29, 1.82) is 0 Å². The number of anilines is 1. The van der Waals surface area contributed by atoms with E-state index in [4.69, 9.17) is 0 Å². The zero-order chi connectivity index (χ0) is 13.5. The summed E-state index contributed by atoms with van der Waals surface area (Å²) < 4.78 is 0. The molecule has 0 atom stereocenters. The summed E-state index contributed by atoms with van der Waals surface area (Å²) in [6.07, 6.45) is 0. The molecule has 1 aromatic rings. The molecule has 0 saturated carbocycles. The normalized spacial score (nSPS) is 16.7. The Hall–Kier alpha value is -1.84. The maximum Gasteiger partial charge on any atom is 0.332 e. The van der Waals surface area contributed by atoms with E-state index in [0.29, 0.717) is 5.69 Å². The molecular formula is C14H18N2O2. The molecule has 1 heterocycles. The van der Waals surface area contributed by atoms with Crippen LogP contribution < -0.4 is 4.90 Å². The van der Waals surface area contributed by atoms with Gasteiger partial charge >= 0.3 is 6.03 Å². The monoisotopic (exact) mass is 246 g/mol. The van der Waals surface area contributed by atoms with Crippen molar-refractivity contribution < 1.29 is 9.59 Å². The Morgan fingerprint density at radius 2 is 1.83 bits per heavy atom. The molecule has 1 fully saturated rings. The number of benzene rings is 1. The van der Waals surface area contributed by atoms with Gasteiger partial charge in [0.25, 0.3) is 5.91 Å². The van der Waals surface area contributed by atoms with Crippen molar-refractivity contribution in [1.82, 2.24) is 4.90 Å².